The van der Waals surface area contributed by atoms with Crippen LogP contribution in [-0.4, -0.2) is 17.7 Å². The summed E-state index contributed by atoms with van der Waals surface area (Å²) >= 11 is 0. The van der Waals surface area contributed by atoms with Gasteiger partial charge in [-0.05, 0) is 33.6 Å². The van der Waals surface area contributed by atoms with Crippen molar-refractivity contribution in [1.29, 1.82) is 0 Å². The Hall–Kier alpha value is -0.730. The standard InChI is InChI=1S/C14H29NO2/c1-6-8-9-10-11-12(7-2)15-13(16)17-14(3,4)5/h12H,6-11H2,1-5H3,(H,15,16). The normalized spacial score (nSPS) is 13.2. The fourth-order valence-electron chi connectivity index (χ4n) is 1.67. The van der Waals surface area contributed by atoms with Gasteiger partial charge in [-0.2, -0.15) is 0 Å². The first kappa shape index (κ1) is 16.3. The molecule has 0 saturated carbocycles. The largest absolute Gasteiger partial charge is 0.444 e. The average molecular weight is 243 g/mol. The summed E-state index contributed by atoms with van der Waals surface area (Å²) in [6.45, 7) is 9.95. The van der Waals surface area contributed by atoms with Crippen LogP contribution in [0.5, 0.6) is 0 Å². The lowest BCUT2D eigenvalue weighted by atomic mass is 10.1. The number of nitrogens with one attached hydrogen (secondary N) is 1. The smallest absolute Gasteiger partial charge is 0.407 e. The maximum Gasteiger partial charge on any atom is 0.407 e. The van der Waals surface area contributed by atoms with E-state index in [0.717, 1.165) is 12.8 Å². The van der Waals surface area contributed by atoms with Crippen LogP contribution >= 0.6 is 0 Å². The lowest BCUT2D eigenvalue weighted by molar-refractivity contribution is 0.0500. The number of alkyl carbamates (subject to hydrolysis) is 1. The van der Waals surface area contributed by atoms with E-state index in [0.29, 0.717) is 0 Å². The first-order valence-corrected chi connectivity index (χ1v) is 6.88. The van der Waals surface area contributed by atoms with Gasteiger partial charge in [0.25, 0.3) is 0 Å². The topological polar surface area (TPSA) is 38.3 Å². The number of ether oxygens (including phenoxy) is 1. The van der Waals surface area contributed by atoms with E-state index >= 15 is 0 Å². The van der Waals surface area contributed by atoms with Crippen LogP contribution in [0.4, 0.5) is 4.79 Å². The number of amides is 1. The lowest BCUT2D eigenvalue weighted by Gasteiger charge is -2.23. The van der Waals surface area contributed by atoms with Crippen LogP contribution in [0, 0.1) is 0 Å². The first-order valence-electron chi connectivity index (χ1n) is 6.88. The van der Waals surface area contributed by atoms with Crippen molar-refractivity contribution in [3.05, 3.63) is 0 Å². The van der Waals surface area contributed by atoms with E-state index in [1.807, 2.05) is 20.8 Å². The van der Waals surface area contributed by atoms with E-state index < -0.39 is 5.60 Å². The molecule has 0 bridgehead atoms. The Morgan fingerprint density at radius 2 is 1.82 bits per heavy atom. The van der Waals surface area contributed by atoms with Crippen molar-refractivity contribution < 1.29 is 9.53 Å². The maximum atomic E-state index is 11.6. The second kappa shape index (κ2) is 8.37. The summed E-state index contributed by atoms with van der Waals surface area (Å²) in [7, 11) is 0. The minimum atomic E-state index is -0.412. The second-order valence-corrected chi connectivity index (χ2v) is 5.60. The molecule has 0 aromatic carbocycles. The molecule has 1 amide bonds. The molecule has 0 fully saturated rings. The zero-order valence-electron chi connectivity index (χ0n) is 12.1. The summed E-state index contributed by atoms with van der Waals surface area (Å²) in [4.78, 5) is 11.6. The Kier molecular flexibility index (Phi) is 8.01. The molecule has 0 radical (unpaired) electrons. The van der Waals surface area contributed by atoms with Crippen molar-refractivity contribution in [3.8, 4) is 0 Å². The van der Waals surface area contributed by atoms with E-state index in [4.69, 9.17) is 4.74 Å². The number of carbonyl (C=O) groups excluding carboxylic acids is 1. The maximum absolute atomic E-state index is 11.6. The van der Waals surface area contributed by atoms with Gasteiger partial charge >= 0.3 is 6.09 Å². The van der Waals surface area contributed by atoms with E-state index in [-0.39, 0.29) is 12.1 Å². The van der Waals surface area contributed by atoms with Crippen molar-refractivity contribution in [2.24, 2.45) is 0 Å². The van der Waals surface area contributed by atoms with Crippen LogP contribution in [0.1, 0.15) is 73.1 Å². The van der Waals surface area contributed by atoms with Crippen molar-refractivity contribution in [1.82, 2.24) is 5.32 Å². The quantitative estimate of drug-likeness (QED) is 0.678. The van der Waals surface area contributed by atoms with E-state index in [2.05, 4.69) is 19.2 Å². The summed E-state index contributed by atoms with van der Waals surface area (Å²) in [5, 5.41) is 2.94. The number of hydrogen-bond acceptors (Lipinski definition) is 2. The zero-order chi connectivity index (χ0) is 13.3. The third-order valence-electron chi connectivity index (χ3n) is 2.62. The van der Waals surface area contributed by atoms with Crippen LogP contribution in [-0.2, 0) is 4.74 Å². The Morgan fingerprint density at radius 3 is 2.29 bits per heavy atom. The van der Waals surface area contributed by atoms with Gasteiger partial charge in [-0.25, -0.2) is 4.79 Å². The molecule has 1 N–H and O–H groups in total. The molecule has 0 saturated heterocycles. The van der Waals surface area contributed by atoms with Crippen molar-refractivity contribution >= 4 is 6.09 Å². The molecule has 17 heavy (non-hydrogen) atoms. The van der Waals surface area contributed by atoms with Gasteiger partial charge in [-0.1, -0.05) is 39.5 Å². The molecule has 0 aromatic rings. The van der Waals surface area contributed by atoms with E-state index in [9.17, 15) is 4.79 Å². The van der Waals surface area contributed by atoms with Crippen molar-refractivity contribution in [2.45, 2.75) is 84.8 Å². The monoisotopic (exact) mass is 243 g/mol. The fourth-order valence-corrected chi connectivity index (χ4v) is 1.67. The Bertz CT molecular complexity index is 209. The molecule has 0 heterocycles. The third-order valence-corrected chi connectivity index (χ3v) is 2.62. The van der Waals surface area contributed by atoms with Gasteiger partial charge in [0.15, 0.2) is 0 Å². The number of unbranched alkanes of at least 4 members (excludes halogenated alkanes) is 3. The highest BCUT2D eigenvalue weighted by Crippen LogP contribution is 2.10. The molecule has 0 aliphatic carbocycles. The zero-order valence-corrected chi connectivity index (χ0v) is 12.1. The molecule has 0 aromatic heterocycles. The molecule has 3 nitrogen and oxygen atoms in total. The van der Waals surface area contributed by atoms with Crippen LogP contribution in [0.25, 0.3) is 0 Å². The highest BCUT2D eigenvalue weighted by molar-refractivity contribution is 5.68. The molecule has 1 atom stereocenters. The van der Waals surface area contributed by atoms with Gasteiger partial charge in [0.2, 0.25) is 0 Å². The highest BCUT2D eigenvalue weighted by Gasteiger charge is 2.18. The molecular formula is C14H29NO2. The number of hydrogen-bond donors (Lipinski definition) is 1. The first-order chi connectivity index (χ1) is 7.89. The molecule has 0 aliphatic heterocycles. The molecule has 0 rings (SSSR count). The second-order valence-electron chi connectivity index (χ2n) is 5.60. The van der Waals surface area contributed by atoms with Crippen molar-refractivity contribution in [2.75, 3.05) is 0 Å². The Balaban J connectivity index is 3.83. The summed E-state index contributed by atoms with van der Waals surface area (Å²) in [5.41, 5.74) is -0.412. The summed E-state index contributed by atoms with van der Waals surface area (Å²) < 4.78 is 5.25. The highest BCUT2D eigenvalue weighted by atomic mass is 16.6. The van der Waals surface area contributed by atoms with Gasteiger partial charge < -0.3 is 10.1 Å². The van der Waals surface area contributed by atoms with Crippen LogP contribution < -0.4 is 5.32 Å². The van der Waals surface area contributed by atoms with Crippen LogP contribution in [0.2, 0.25) is 0 Å². The predicted molar refractivity (Wildman–Crippen MR) is 72.2 cm³/mol. The SMILES string of the molecule is CCCCCCC(CC)NC(=O)OC(C)(C)C. The average Bonchev–Trinajstić information content (AvgIpc) is 2.20. The molecule has 0 aliphatic rings. The van der Waals surface area contributed by atoms with Gasteiger partial charge in [0.1, 0.15) is 5.60 Å². The number of rotatable bonds is 7. The lowest BCUT2D eigenvalue weighted by Crippen LogP contribution is -2.38. The van der Waals surface area contributed by atoms with Gasteiger partial charge in [0, 0.05) is 6.04 Å². The van der Waals surface area contributed by atoms with E-state index in [1.54, 1.807) is 0 Å². The Morgan fingerprint density at radius 1 is 1.18 bits per heavy atom. The third kappa shape index (κ3) is 10.2. The Labute approximate surface area is 106 Å². The van der Waals surface area contributed by atoms with E-state index in [1.165, 1.54) is 25.7 Å². The minimum Gasteiger partial charge on any atom is -0.444 e. The predicted octanol–water partition coefficient (Wildman–Crippen LogP) is 4.26. The molecule has 0 spiro atoms. The van der Waals surface area contributed by atoms with Crippen LogP contribution in [0.3, 0.4) is 0 Å². The van der Waals surface area contributed by atoms with Crippen molar-refractivity contribution in [3.63, 3.8) is 0 Å². The summed E-state index contributed by atoms with van der Waals surface area (Å²) in [6.07, 6.45) is 6.69. The molecule has 102 valence electrons. The molecule has 3 heteroatoms. The minimum absolute atomic E-state index is 0.252. The number of carbonyl (C=O) groups is 1. The summed E-state index contributed by atoms with van der Waals surface area (Å²) in [6, 6.07) is 0.252. The van der Waals surface area contributed by atoms with Gasteiger partial charge in [0.05, 0.1) is 0 Å². The van der Waals surface area contributed by atoms with Crippen LogP contribution in [0.15, 0.2) is 0 Å². The van der Waals surface area contributed by atoms with Gasteiger partial charge in [-0.3, -0.25) is 0 Å². The fraction of sp³-hybridized carbons (Fsp3) is 0.929. The van der Waals surface area contributed by atoms with Gasteiger partial charge in [-0.15, -0.1) is 0 Å². The molecular weight excluding hydrogens is 214 g/mol. The molecule has 1 unspecified atom stereocenters. The summed E-state index contributed by atoms with van der Waals surface area (Å²) in [5.74, 6) is 0.